The van der Waals surface area contributed by atoms with Crippen molar-refractivity contribution in [2.24, 2.45) is 7.05 Å². The summed E-state index contributed by atoms with van der Waals surface area (Å²) in [6.07, 6.45) is -0.220. The molecular formula is C15H20N4O2. The fourth-order valence-corrected chi connectivity index (χ4v) is 2.72. The number of aryl methyl sites for hydroxylation is 1. The zero-order chi connectivity index (χ0) is 14.8. The number of hydrogen-bond donors (Lipinski definition) is 0. The number of fused-ring (bicyclic) bond motifs is 1. The monoisotopic (exact) mass is 288 g/mol. The zero-order valence-electron chi connectivity index (χ0n) is 12.5. The van der Waals surface area contributed by atoms with E-state index in [-0.39, 0.29) is 6.09 Å². The Morgan fingerprint density at radius 1 is 1.24 bits per heavy atom. The molecule has 1 aliphatic heterocycles. The first kappa shape index (κ1) is 13.7. The van der Waals surface area contributed by atoms with Crippen molar-refractivity contribution >= 4 is 23.1 Å². The summed E-state index contributed by atoms with van der Waals surface area (Å²) < 4.78 is 7.15. The van der Waals surface area contributed by atoms with Crippen molar-refractivity contribution in [3.8, 4) is 0 Å². The number of para-hydroxylation sites is 2. The molecule has 6 heteroatoms. The lowest BCUT2D eigenvalue weighted by molar-refractivity contribution is 0.105. The first-order chi connectivity index (χ1) is 10.2. The van der Waals surface area contributed by atoms with Crippen molar-refractivity contribution in [3.05, 3.63) is 24.3 Å². The molecule has 1 aromatic heterocycles. The summed E-state index contributed by atoms with van der Waals surface area (Å²) in [6, 6.07) is 8.11. The number of nitrogens with zero attached hydrogens (tertiary/aromatic N) is 4. The van der Waals surface area contributed by atoms with Gasteiger partial charge in [0.25, 0.3) is 0 Å². The van der Waals surface area contributed by atoms with Crippen LogP contribution in [-0.2, 0) is 11.8 Å². The summed E-state index contributed by atoms with van der Waals surface area (Å²) >= 11 is 0. The topological polar surface area (TPSA) is 50.6 Å². The third-order valence-corrected chi connectivity index (χ3v) is 3.85. The minimum Gasteiger partial charge on any atom is -0.450 e. The molecule has 0 bridgehead atoms. The van der Waals surface area contributed by atoms with Crippen LogP contribution in [-0.4, -0.2) is 53.3 Å². The number of carbonyl (C=O) groups excluding carboxylic acids is 1. The van der Waals surface area contributed by atoms with Crippen LogP contribution in [0.3, 0.4) is 0 Å². The largest absolute Gasteiger partial charge is 0.450 e. The van der Waals surface area contributed by atoms with Crippen LogP contribution in [0.1, 0.15) is 6.92 Å². The number of imidazole rings is 1. The summed E-state index contributed by atoms with van der Waals surface area (Å²) in [4.78, 5) is 20.4. The second kappa shape index (κ2) is 5.63. The van der Waals surface area contributed by atoms with Crippen LogP contribution in [0.15, 0.2) is 24.3 Å². The molecule has 3 rings (SSSR count). The minimum absolute atomic E-state index is 0.220. The Morgan fingerprint density at radius 3 is 2.62 bits per heavy atom. The molecule has 1 aliphatic rings. The Hall–Kier alpha value is -2.24. The zero-order valence-corrected chi connectivity index (χ0v) is 12.5. The molecule has 21 heavy (non-hydrogen) atoms. The number of hydrogen-bond acceptors (Lipinski definition) is 4. The van der Waals surface area contributed by atoms with Gasteiger partial charge in [0, 0.05) is 33.2 Å². The predicted molar refractivity (Wildman–Crippen MR) is 81.5 cm³/mol. The van der Waals surface area contributed by atoms with Gasteiger partial charge in [-0.15, -0.1) is 0 Å². The van der Waals surface area contributed by atoms with Crippen molar-refractivity contribution in [3.63, 3.8) is 0 Å². The number of anilines is 1. The molecule has 0 N–H and O–H groups in total. The van der Waals surface area contributed by atoms with Gasteiger partial charge in [-0.2, -0.15) is 0 Å². The number of benzene rings is 1. The maximum Gasteiger partial charge on any atom is 0.409 e. The molecule has 1 fully saturated rings. The SMILES string of the molecule is CCOC(=O)N1CCN(c2nc3ccccc3n2C)CC1. The maximum absolute atomic E-state index is 11.7. The Balaban J connectivity index is 1.74. The van der Waals surface area contributed by atoms with Crippen molar-refractivity contribution in [1.29, 1.82) is 0 Å². The molecule has 1 saturated heterocycles. The highest BCUT2D eigenvalue weighted by Gasteiger charge is 2.24. The molecule has 6 nitrogen and oxygen atoms in total. The molecule has 0 saturated carbocycles. The highest BCUT2D eigenvalue weighted by molar-refractivity contribution is 5.78. The Bertz CT molecular complexity index is 644. The van der Waals surface area contributed by atoms with Crippen LogP contribution in [0.4, 0.5) is 10.7 Å². The maximum atomic E-state index is 11.7. The first-order valence-corrected chi connectivity index (χ1v) is 7.29. The van der Waals surface area contributed by atoms with Gasteiger partial charge in [-0.3, -0.25) is 0 Å². The Labute approximate surface area is 123 Å². The highest BCUT2D eigenvalue weighted by Crippen LogP contribution is 2.22. The lowest BCUT2D eigenvalue weighted by atomic mass is 10.3. The summed E-state index contributed by atoms with van der Waals surface area (Å²) in [5.41, 5.74) is 2.13. The highest BCUT2D eigenvalue weighted by atomic mass is 16.6. The van der Waals surface area contributed by atoms with Crippen molar-refractivity contribution in [1.82, 2.24) is 14.5 Å². The van der Waals surface area contributed by atoms with Crippen LogP contribution < -0.4 is 4.90 Å². The second-order valence-corrected chi connectivity index (χ2v) is 5.13. The summed E-state index contributed by atoms with van der Waals surface area (Å²) in [6.45, 7) is 5.13. The standard InChI is InChI=1S/C15H20N4O2/c1-3-21-15(20)19-10-8-18(9-11-19)14-16-12-6-4-5-7-13(12)17(14)2/h4-7H,3,8-11H2,1-2H3. The number of rotatable bonds is 2. The van der Waals surface area contributed by atoms with Gasteiger partial charge in [0.05, 0.1) is 17.6 Å². The molecule has 2 heterocycles. The summed E-state index contributed by atoms with van der Waals surface area (Å²) in [7, 11) is 2.03. The lowest BCUT2D eigenvalue weighted by Crippen LogP contribution is -2.49. The molecule has 1 aromatic carbocycles. The predicted octanol–water partition coefficient (Wildman–Crippen LogP) is 1.85. The molecule has 0 atom stereocenters. The molecule has 0 spiro atoms. The first-order valence-electron chi connectivity index (χ1n) is 7.29. The minimum atomic E-state index is -0.220. The summed E-state index contributed by atoms with van der Waals surface area (Å²) in [5, 5.41) is 0. The summed E-state index contributed by atoms with van der Waals surface area (Å²) in [5.74, 6) is 0.958. The van der Waals surface area contributed by atoms with E-state index in [9.17, 15) is 4.79 Å². The number of ether oxygens (including phenoxy) is 1. The van der Waals surface area contributed by atoms with E-state index in [0.717, 1.165) is 30.1 Å². The van der Waals surface area contributed by atoms with Crippen molar-refractivity contribution in [2.75, 3.05) is 37.7 Å². The van der Waals surface area contributed by atoms with Gasteiger partial charge in [-0.1, -0.05) is 12.1 Å². The van der Waals surface area contributed by atoms with Crippen LogP contribution in [0.25, 0.3) is 11.0 Å². The van der Waals surface area contributed by atoms with Crippen LogP contribution in [0.2, 0.25) is 0 Å². The number of aromatic nitrogens is 2. The number of amides is 1. The molecular weight excluding hydrogens is 268 g/mol. The number of carbonyl (C=O) groups is 1. The van der Waals surface area contributed by atoms with Crippen molar-refractivity contribution in [2.45, 2.75) is 6.92 Å². The van der Waals surface area contributed by atoms with Gasteiger partial charge in [0.2, 0.25) is 5.95 Å². The fourth-order valence-electron chi connectivity index (χ4n) is 2.72. The second-order valence-electron chi connectivity index (χ2n) is 5.13. The molecule has 0 unspecified atom stereocenters. The lowest BCUT2D eigenvalue weighted by Gasteiger charge is -2.34. The Kier molecular flexibility index (Phi) is 3.68. The van der Waals surface area contributed by atoms with E-state index in [1.165, 1.54) is 0 Å². The van der Waals surface area contributed by atoms with E-state index in [2.05, 4.69) is 15.5 Å². The van der Waals surface area contributed by atoms with Gasteiger partial charge in [-0.25, -0.2) is 9.78 Å². The van der Waals surface area contributed by atoms with E-state index in [0.29, 0.717) is 19.7 Å². The van der Waals surface area contributed by atoms with Crippen LogP contribution in [0.5, 0.6) is 0 Å². The molecule has 2 aromatic rings. The molecule has 112 valence electrons. The average molecular weight is 288 g/mol. The van der Waals surface area contributed by atoms with Crippen LogP contribution in [0, 0.1) is 0 Å². The third kappa shape index (κ3) is 2.53. The molecule has 0 radical (unpaired) electrons. The molecule has 0 aliphatic carbocycles. The van der Waals surface area contributed by atoms with Gasteiger partial charge in [0.1, 0.15) is 0 Å². The quantitative estimate of drug-likeness (QED) is 0.846. The van der Waals surface area contributed by atoms with E-state index in [1.54, 1.807) is 4.90 Å². The van der Waals surface area contributed by atoms with E-state index < -0.39 is 0 Å². The van der Waals surface area contributed by atoms with Gasteiger partial charge >= 0.3 is 6.09 Å². The van der Waals surface area contributed by atoms with E-state index in [1.807, 2.05) is 32.2 Å². The Morgan fingerprint density at radius 2 is 1.95 bits per heavy atom. The third-order valence-electron chi connectivity index (χ3n) is 3.85. The van der Waals surface area contributed by atoms with Crippen LogP contribution >= 0.6 is 0 Å². The van der Waals surface area contributed by atoms with Gasteiger partial charge in [-0.05, 0) is 19.1 Å². The fraction of sp³-hybridized carbons (Fsp3) is 0.467. The number of piperazine rings is 1. The van der Waals surface area contributed by atoms with Gasteiger partial charge in [0.15, 0.2) is 0 Å². The van der Waals surface area contributed by atoms with E-state index in [4.69, 9.17) is 9.72 Å². The smallest absolute Gasteiger partial charge is 0.409 e. The molecule has 1 amide bonds. The van der Waals surface area contributed by atoms with Gasteiger partial charge < -0.3 is 19.1 Å². The van der Waals surface area contributed by atoms with Crippen molar-refractivity contribution < 1.29 is 9.53 Å². The average Bonchev–Trinajstić information content (AvgIpc) is 2.85. The van der Waals surface area contributed by atoms with E-state index >= 15 is 0 Å². The normalized spacial score (nSPS) is 15.5.